The third-order valence-corrected chi connectivity index (χ3v) is 2.36. The van der Waals surface area contributed by atoms with E-state index < -0.39 is 0 Å². The van der Waals surface area contributed by atoms with Crippen molar-refractivity contribution in [2.45, 2.75) is 20.3 Å². The molecular formula is C9H17NO. The van der Waals surface area contributed by atoms with Crippen molar-refractivity contribution in [2.24, 2.45) is 11.8 Å². The molecule has 0 aromatic carbocycles. The molecule has 0 aromatic heterocycles. The van der Waals surface area contributed by atoms with Gasteiger partial charge >= 0.3 is 0 Å². The van der Waals surface area contributed by atoms with E-state index in [1.165, 1.54) is 0 Å². The number of hydrogen-bond acceptors (Lipinski definition) is 2. The molecule has 1 rings (SSSR count). The Labute approximate surface area is 68.6 Å². The van der Waals surface area contributed by atoms with Crippen molar-refractivity contribution in [1.29, 1.82) is 0 Å². The smallest absolute Gasteiger partial charge is 0.139 e. The number of hydrogen-bond donors (Lipinski definition) is 0. The molecule has 0 N–H and O–H groups in total. The molecule has 1 fully saturated rings. The van der Waals surface area contributed by atoms with Gasteiger partial charge < -0.3 is 4.90 Å². The molecule has 1 saturated heterocycles. The fraction of sp³-hybridized carbons (Fsp3) is 0.889. The van der Waals surface area contributed by atoms with Crippen LogP contribution in [-0.4, -0.2) is 30.8 Å². The molecule has 0 spiro atoms. The molecule has 1 heterocycles. The maximum Gasteiger partial charge on any atom is 0.139 e. The zero-order valence-corrected chi connectivity index (χ0v) is 7.63. The molecule has 0 amide bonds. The van der Waals surface area contributed by atoms with Crippen molar-refractivity contribution in [1.82, 2.24) is 4.90 Å². The topological polar surface area (TPSA) is 20.3 Å². The van der Waals surface area contributed by atoms with E-state index in [1.807, 2.05) is 13.8 Å². The quantitative estimate of drug-likeness (QED) is 0.596. The fourth-order valence-corrected chi connectivity index (χ4v) is 1.64. The lowest BCUT2D eigenvalue weighted by molar-refractivity contribution is -0.125. The largest absolute Gasteiger partial charge is 0.306 e. The average molecular weight is 155 g/mol. The van der Waals surface area contributed by atoms with Crippen LogP contribution in [0, 0.1) is 11.8 Å². The summed E-state index contributed by atoms with van der Waals surface area (Å²) < 4.78 is 0. The first kappa shape index (κ1) is 8.72. The van der Waals surface area contributed by atoms with Gasteiger partial charge in [-0.05, 0) is 20.0 Å². The molecule has 0 saturated carbocycles. The van der Waals surface area contributed by atoms with Gasteiger partial charge in [-0.1, -0.05) is 13.8 Å². The molecule has 64 valence electrons. The van der Waals surface area contributed by atoms with Crippen LogP contribution in [0.2, 0.25) is 0 Å². The van der Waals surface area contributed by atoms with E-state index in [0.29, 0.717) is 11.7 Å². The molecular weight excluding hydrogens is 138 g/mol. The fourth-order valence-electron chi connectivity index (χ4n) is 1.64. The van der Waals surface area contributed by atoms with Crippen LogP contribution in [0.1, 0.15) is 20.3 Å². The molecule has 0 radical (unpaired) electrons. The van der Waals surface area contributed by atoms with Crippen molar-refractivity contribution in [2.75, 3.05) is 20.1 Å². The van der Waals surface area contributed by atoms with Crippen LogP contribution < -0.4 is 0 Å². The average Bonchev–Trinajstić information content (AvgIpc) is 2.34. The number of carbonyl (C=O) groups excluding carboxylic acids is 1. The zero-order valence-electron chi connectivity index (χ0n) is 7.63. The Morgan fingerprint density at radius 1 is 1.55 bits per heavy atom. The Balaban J connectivity index is 2.43. The summed E-state index contributed by atoms with van der Waals surface area (Å²) in [7, 11) is 2.08. The minimum atomic E-state index is 0.214. The van der Waals surface area contributed by atoms with Gasteiger partial charge in [0.2, 0.25) is 0 Å². The monoisotopic (exact) mass is 155 g/mol. The second-order valence-corrected chi connectivity index (χ2v) is 3.80. The second kappa shape index (κ2) is 3.35. The van der Waals surface area contributed by atoms with Gasteiger partial charge in [0.05, 0.1) is 0 Å². The van der Waals surface area contributed by atoms with E-state index in [9.17, 15) is 4.79 Å². The Morgan fingerprint density at radius 2 is 2.18 bits per heavy atom. The molecule has 0 unspecified atom stereocenters. The first-order chi connectivity index (χ1) is 5.11. The molecule has 0 bridgehead atoms. The number of ketones is 1. The van der Waals surface area contributed by atoms with E-state index in [0.717, 1.165) is 19.5 Å². The van der Waals surface area contributed by atoms with Crippen LogP contribution >= 0.6 is 0 Å². The number of rotatable bonds is 2. The summed E-state index contributed by atoms with van der Waals surface area (Å²) in [4.78, 5) is 13.7. The van der Waals surface area contributed by atoms with Crippen LogP contribution in [0.15, 0.2) is 0 Å². The number of Topliss-reactive ketones (excluding diaryl/α,β-unsaturated/α-hetero) is 1. The summed E-state index contributed by atoms with van der Waals surface area (Å²) in [6.07, 6.45) is 1.06. The summed E-state index contributed by atoms with van der Waals surface area (Å²) in [5.74, 6) is 0.973. The van der Waals surface area contributed by atoms with Crippen LogP contribution in [0.3, 0.4) is 0 Å². The lowest BCUT2D eigenvalue weighted by atomic mass is 9.95. The molecule has 2 heteroatoms. The zero-order chi connectivity index (χ0) is 8.43. The standard InChI is InChI=1S/C9H17NO/c1-7(2)9(11)8-4-5-10(3)6-8/h7-8H,4-6H2,1-3H3/t8-/m0/s1. The third kappa shape index (κ3) is 2.03. The van der Waals surface area contributed by atoms with Gasteiger partial charge in [0.1, 0.15) is 5.78 Å². The molecule has 11 heavy (non-hydrogen) atoms. The van der Waals surface area contributed by atoms with Crippen LogP contribution in [0.25, 0.3) is 0 Å². The molecule has 0 aromatic rings. The molecule has 1 aliphatic heterocycles. The first-order valence-corrected chi connectivity index (χ1v) is 4.33. The lowest BCUT2D eigenvalue weighted by Gasteiger charge is -2.11. The van der Waals surface area contributed by atoms with E-state index in [-0.39, 0.29) is 5.92 Å². The Kier molecular flexibility index (Phi) is 2.66. The highest BCUT2D eigenvalue weighted by Gasteiger charge is 2.27. The predicted molar refractivity (Wildman–Crippen MR) is 45.4 cm³/mol. The van der Waals surface area contributed by atoms with Crippen molar-refractivity contribution in [3.05, 3.63) is 0 Å². The summed E-state index contributed by atoms with van der Waals surface area (Å²) >= 11 is 0. The predicted octanol–water partition coefficient (Wildman–Crippen LogP) is 1.16. The molecule has 1 atom stereocenters. The van der Waals surface area contributed by atoms with Crippen molar-refractivity contribution >= 4 is 5.78 Å². The van der Waals surface area contributed by atoms with Crippen LogP contribution in [0.4, 0.5) is 0 Å². The van der Waals surface area contributed by atoms with Crippen molar-refractivity contribution in [3.8, 4) is 0 Å². The Bertz CT molecular complexity index is 154. The lowest BCUT2D eigenvalue weighted by Crippen LogP contribution is -2.22. The van der Waals surface area contributed by atoms with E-state index in [4.69, 9.17) is 0 Å². The van der Waals surface area contributed by atoms with Gasteiger partial charge in [0.25, 0.3) is 0 Å². The van der Waals surface area contributed by atoms with Crippen molar-refractivity contribution in [3.63, 3.8) is 0 Å². The number of carbonyl (C=O) groups is 1. The minimum absolute atomic E-state index is 0.214. The van der Waals surface area contributed by atoms with E-state index in [1.54, 1.807) is 0 Å². The van der Waals surface area contributed by atoms with Crippen LogP contribution in [0.5, 0.6) is 0 Å². The highest BCUT2D eigenvalue weighted by Crippen LogP contribution is 2.18. The SMILES string of the molecule is CC(C)C(=O)[C@H]1CCN(C)C1. The van der Waals surface area contributed by atoms with Gasteiger partial charge in [0.15, 0.2) is 0 Å². The number of nitrogens with zero attached hydrogens (tertiary/aromatic N) is 1. The molecule has 2 nitrogen and oxygen atoms in total. The summed E-state index contributed by atoms with van der Waals surface area (Å²) in [6, 6.07) is 0. The summed E-state index contributed by atoms with van der Waals surface area (Å²) in [5.41, 5.74) is 0. The molecule has 0 aliphatic carbocycles. The maximum absolute atomic E-state index is 11.5. The maximum atomic E-state index is 11.5. The van der Waals surface area contributed by atoms with E-state index in [2.05, 4.69) is 11.9 Å². The normalized spacial score (nSPS) is 26.4. The van der Waals surface area contributed by atoms with Gasteiger partial charge in [-0.25, -0.2) is 0 Å². The highest BCUT2D eigenvalue weighted by atomic mass is 16.1. The second-order valence-electron chi connectivity index (χ2n) is 3.80. The number of likely N-dealkylation sites (tertiary alicyclic amines) is 1. The van der Waals surface area contributed by atoms with Gasteiger partial charge in [-0.2, -0.15) is 0 Å². The summed E-state index contributed by atoms with van der Waals surface area (Å²) in [6.45, 7) is 6.03. The molecule has 1 aliphatic rings. The van der Waals surface area contributed by atoms with Crippen LogP contribution in [-0.2, 0) is 4.79 Å². The first-order valence-electron chi connectivity index (χ1n) is 4.33. The van der Waals surface area contributed by atoms with Gasteiger partial charge in [-0.3, -0.25) is 4.79 Å². The summed E-state index contributed by atoms with van der Waals surface area (Å²) in [5, 5.41) is 0. The Morgan fingerprint density at radius 3 is 2.55 bits per heavy atom. The Hall–Kier alpha value is -0.370. The van der Waals surface area contributed by atoms with Crippen molar-refractivity contribution < 1.29 is 4.79 Å². The van der Waals surface area contributed by atoms with Gasteiger partial charge in [0, 0.05) is 18.4 Å². The minimum Gasteiger partial charge on any atom is -0.306 e. The third-order valence-electron chi connectivity index (χ3n) is 2.36. The van der Waals surface area contributed by atoms with E-state index >= 15 is 0 Å². The van der Waals surface area contributed by atoms with Gasteiger partial charge in [-0.15, -0.1) is 0 Å². The highest BCUT2D eigenvalue weighted by molar-refractivity contribution is 5.83.